The summed E-state index contributed by atoms with van der Waals surface area (Å²) in [4.78, 5) is 2.47. The van der Waals surface area contributed by atoms with E-state index >= 15 is 0 Å². The first kappa shape index (κ1) is 41.5. The second kappa shape index (κ2) is 20.3. The number of rotatable bonds is 4. The lowest BCUT2D eigenvalue weighted by Crippen LogP contribution is -2.30. The SMILES string of the molecule is CC.CC.CCC(C)c1ccc(-c2ccc(-c3ccc4c(c3)N(C)C3Cc5ccccc5C=C43)cc2)cc1.Cc1ccc2ccccc2c1.Cc1ccccc1. The Morgan fingerprint density at radius 1 is 0.554 bits per heavy atom. The molecule has 0 N–H and O–H groups in total. The van der Waals surface area contributed by atoms with Crippen LogP contribution in [0, 0.1) is 13.8 Å². The van der Waals surface area contributed by atoms with Gasteiger partial charge in [0.1, 0.15) is 0 Å². The van der Waals surface area contributed by atoms with Gasteiger partial charge in [-0.1, -0.05) is 210 Å². The Kier molecular flexibility index (Phi) is 15.1. The molecule has 1 aliphatic carbocycles. The van der Waals surface area contributed by atoms with E-state index in [1.165, 1.54) is 84.1 Å². The van der Waals surface area contributed by atoms with E-state index < -0.39 is 0 Å². The van der Waals surface area contributed by atoms with E-state index in [1.807, 2.05) is 45.9 Å². The predicted octanol–water partition coefficient (Wildman–Crippen LogP) is 15.6. The van der Waals surface area contributed by atoms with E-state index in [1.54, 1.807) is 0 Å². The number of likely N-dealkylation sites (N-methyl/N-ethyl adjacent to an activating group) is 1. The van der Waals surface area contributed by atoms with Gasteiger partial charge in [0.25, 0.3) is 0 Å². The van der Waals surface area contributed by atoms with Crippen LogP contribution in [0.4, 0.5) is 5.69 Å². The van der Waals surface area contributed by atoms with Crippen molar-refractivity contribution in [3.05, 3.63) is 197 Å². The average Bonchev–Trinajstić information content (AvgIpc) is 3.54. The summed E-state index contributed by atoms with van der Waals surface area (Å²) in [6.45, 7) is 16.7. The van der Waals surface area contributed by atoms with Gasteiger partial charge >= 0.3 is 0 Å². The molecule has 1 nitrogen and oxygen atoms in total. The first-order valence-corrected chi connectivity index (χ1v) is 20.7. The normalized spacial score (nSPS) is 13.6. The summed E-state index contributed by atoms with van der Waals surface area (Å²) < 4.78 is 0. The summed E-state index contributed by atoms with van der Waals surface area (Å²) >= 11 is 0. The fourth-order valence-electron chi connectivity index (χ4n) is 7.40. The average molecular weight is 736 g/mol. The molecule has 7 aromatic rings. The highest BCUT2D eigenvalue weighted by atomic mass is 15.2. The summed E-state index contributed by atoms with van der Waals surface area (Å²) in [6.07, 6.45) is 4.65. The topological polar surface area (TPSA) is 3.24 Å². The molecule has 0 bridgehead atoms. The minimum absolute atomic E-state index is 0.431. The van der Waals surface area contributed by atoms with Crippen LogP contribution in [0.5, 0.6) is 0 Å². The molecule has 2 atom stereocenters. The molecule has 7 aromatic carbocycles. The van der Waals surface area contributed by atoms with Gasteiger partial charge in [0.15, 0.2) is 0 Å². The molecule has 286 valence electrons. The Morgan fingerprint density at radius 3 is 1.73 bits per heavy atom. The molecule has 2 aliphatic rings. The number of aryl methyl sites for hydroxylation is 2. The Morgan fingerprint density at radius 2 is 1.11 bits per heavy atom. The summed E-state index contributed by atoms with van der Waals surface area (Å²) in [5.41, 5.74) is 16.2. The standard InChI is InChI=1S/C33H31N.C11H10.C7H8.2C2H6/c1-4-22(2)23-9-11-24(12-10-23)25-13-15-26(16-14-25)29-17-18-30-31-19-27-7-5-6-8-28(27)20-33(31)34(3)32(30)21-29;1-9-6-7-10-4-2-3-5-11(10)8-9;1-7-5-3-2-4-6-7;2*1-2/h5-19,21-22,33H,4,20H2,1-3H3;2-8H,1H3;2-6H,1H3;2*1-2H3. The Bertz CT molecular complexity index is 2290. The van der Waals surface area contributed by atoms with Crippen molar-refractivity contribution in [1.29, 1.82) is 0 Å². The summed E-state index contributed by atoms with van der Waals surface area (Å²) in [7, 11) is 2.24. The number of anilines is 1. The van der Waals surface area contributed by atoms with Gasteiger partial charge in [-0.15, -0.1) is 0 Å². The Balaban J connectivity index is 0.000000222. The zero-order valence-electron chi connectivity index (χ0n) is 35.2. The van der Waals surface area contributed by atoms with E-state index in [0.29, 0.717) is 12.0 Å². The summed E-state index contributed by atoms with van der Waals surface area (Å²) in [6, 6.07) is 59.5. The first-order chi connectivity index (χ1) is 27.4. The van der Waals surface area contributed by atoms with Crippen LogP contribution in [0.1, 0.15) is 87.3 Å². The summed E-state index contributed by atoms with van der Waals surface area (Å²) in [5, 5.41) is 2.64. The first-order valence-electron chi connectivity index (χ1n) is 20.7. The van der Waals surface area contributed by atoms with Crippen LogP contribution in [0.25, 0.3) is 44.7 Å². The molecule has 0 aromatic heterocycles. The van der Waals surface area contributed by atoms with Gasteiger partial charge in [0.05, 0.1) is 6.04 Å². The molecule has 2 unspecified atom stereocenters. The van der Waals surface area contributed by atoms with Gasteiger partial charge in [-0.25, -0.2) is 0 Å². The summed E-state index contributed by atoms with van der Waals surface area (Å²) in [5.74, 6) is 0.614. The second-order valence-corrected chi connectivity index (χ2v) is 14.4. The van der Waals surface area contributed by atoms with Crippen LogP contribution >= 0.6 is 0 Å². The zero-order valence-corrected chi connectivity index (χ0v) is 35.2. The van der Waals surface area contributed by atoms with Crippen molar-refractivity contribution in [2.45, 2.75) is 80.2 Å². The van der Waals surface area contributed by atoms with Gasteiger partial charge in [0.2, 0.25) is 0 Å². The largest absolute Gasteiger partial charge is 0.367 e. The highest BCUT2D eigenvalue weighted by molar-refractivity contribution is 5.98. The van der Waals surface area contributed by atoms with Crippen molar-refractivity contribution in [2.24, 2.45) is 0 Å². The van der Waals surface area contributed by atoms with E-state index in [-0.39, 0.29) is 0 Å². The Labute approximate surface area is 338 Å². The van der Waals surface area contributed by atoms with E-state index in [9.17, 15) is 0 Å². The van der Waals surface area contributed by atoms with Gasteiger partial charge < -0.3 is 4.90 Å². The van der Waals surface area contributed by atoms with Crippen molar-refractivity contribution in [1.82, 2.24) is 0 Å². The molecule has 0 amide bonds. The van der Waals surface area contributed by atoms with Crippen molar-refractivity contribution in [3.8, 4) is 22.3 Å². The second-order valence-electron chi connectivity index (χ2n) is 14.4. The molecule has 1 aliphatic heterocycles. The van der Waals surface area contributed by atoms with E-state index in [2.05, 4.69) is 191 Å². The molecule has 9 rings (SSSR count). The van der Waals surface area contributed by atoms with Crippen LogP contribution in [-0.2, 0) is 6.42 Å². The zero-order chi connectivity index (χ0) is 40.0. The predicted molar refractivity (Wildman–Crippen MR) is 249 cm³/mol. The number of benzene rings is 7. The lowest BCUT2D eigenvalue weighted by molar-refractivity contribution is 0.734. The van der Waals surface area contributed by atoms with Crippen LogP contribution in [-0.4, -0.2) is 13.1 Å². The van der Waals surface area contributed by atoms with Crippen molar-refractivity contribution in [3.63, 3.8) is 0 Å². The maximum absolute atomic E-state index is 2.47. The molecule has 0 radical (unpaired) electrons. The molecule has 0 saturated carbocycles. The molecule has 0 fully saturated rings. The maximum Gasteiger partial charge on any atom is 0.0586 e. The molecule has 0 saturated heterocycles. The third kappa shape index (κ3) is 9.95. The van der Waals surface area contributed by atoms with Crippen LogP contribution in [0.2, 0.25) is 0 Å². The van der Waals surface area contributed by atoms with Gasteiger partial charge in [-0.05, 0) is 100 Å². The lowest BCUT2D eigenvalue weighted by atomic mass is 9.87. The Hall–Kier alpha value is -5.66. The van der Waals surface area contributed by atoms with Crippen LogP contribution in [0.15, 0.2) is 164 Å². The highest BCUT2D eigenvalue weighted by Crippen LogP contribution is 2.46. The van der Waals surface area contributed by atoms with Gasteiger partial charge in [-0.2, -0.15) is 0 Å². The maximum atomic E-state index is 2.47. The van der Waals surface area contributed by atoms with Gasteiger partial charge in [0, 0.05) is 18.3 Å². The smallest absolute Gasteiger partial charge is 0.0586 e. The number of hydrogen-bond donors (Lipinski definition) is 0. The van der Waals surface area contributed by atoms with Crippen molar-refractivity contribution < 1.29 is 0 Å². The minimum Gasteiger partial charge on any atom is -0.367 e. The van der Waals surface area contributed by atoms with Crippen LogP contribution < -0.4 is 4.90 Å². The van der Waals surface area contributed by atoms with Gasteiger partial charge in [-0.3, -0.25) is 0 Å². The van der Waals surface area contributed by atoms with E-state index in [0.717, 1.165) is 6.42 Å². The van der Waals surface area contributed by atoms with E-state index in [4.69, 9.17) is 0 Å². The van der Waals surface area contributed by atoms with Crippen molar-refractivity contribution >= 4 is 28.1 Å². The van der Waals surface area contributed by atoms with Crippen molar-refractivity contribution in [2.75, 3.05) is 11.9 Å². The third-order valence-electron chi connectivity index (χ3n) is 10.8. The quantitative estimate of drug-likeness (QED) is 0.174. The molecule has 1 heteroatoms. The highest BCUT2D eigenvalue weighted by Gasteiger charge is 2.34. The number of hydrogen-bond acceptors (Lipinski definition) is 1. The monoisotopic (exact) mass is 735 g/mol. The third-order valence-corrected chi connectivity index (χ3v) is 10.8. The fourth-order valence-corrected chi connectivity index (χ4v) is 7.40. The number of fused-ring (bicyclic) bond motifs is 5. The lowest BCUT2D eigenvalue weighted by Gasteiger charge is -2.27. The molecule has 0 spiro atoms. The molecule has 1 heterocycles. The fraction of sp³-hybridized carbons (Fsp3) is 0.236. The van der Waals surface area contributed by atoms with Crippen LogP contribution in [0.3, 0.4) is 0 Å². The number of nitrogens with zero attached hydrogens (tertiary/aromatic N) is 1. The minimum atomic E-state index is 0.431. The molecular formula is C55H61N. The molecule has 56 heavy (non-hydrogen) atoms. The molecular weight excluding hydrogens is 675 g/mol.